The van der Waals surface area contributed by atoms with E-state index in [2.05, 4.69) is 25.5 Å². The van der Waals surface area contributed by atoms with Crippen molar-refractivity contribution >= 4 is 16.5 Å². The summed E-state index contributed by atoms with van der Waals surface area (Å²) in [6.07, 6.45) is 3.59. The van der Waals surface area contributed by atoms with Crippen LogP contribution in [0.25, 0.3) is 0 Å². The number of hydrogen-bond acceptors (Lipinski definition) is 7. The van der Waals surface area contributed by atoms with Crippen LogP contribution >= 0.6 is 11.3 Å². The summed E-state index contributed by atoms with van der Waals surface area (Å²) in [4.78, 5) is 6.15. The Labute approximate surface area is 103 Å². The molecule has 0 radical (unpaired) electrons. The monoisotopic (exact) mass is 250 g/mol. The standard InChI is InChI=1S/C10H14N6S/c1-16(6-8-2-4-12-5-3-8)7-9-14-15-10(13-11)17-9/h2-5H,6-7,11H2,1H3,(H,13,15). The van der Waals surface area contributed by atoms with E-state index in [1.54, 1.807) is 12.4 Å². The molecule has 0 fully saturated rings. The molecule has 2 aromatic rings. The average Bonchev–Trinajstić information content (AvgIpc) is 2.78. The van der Waals surface area contributed by atoms with E-state index in [0.717, 1.165) is 18.1 Å². The summed E-state index contributed by atoms with van der Waals surface area (Å²) in [6, 6.07) is 4.01. The van der Waals surface area contributed by atoms with Gasteiger partial charge in [-0.2, -0.15) is 0 Å². The van der Waals surface area contributed by atoms with Crippen LogP contribution in [-0.4, -0.2) is 27.1 Å². The lowest BCUT2D eigenvalue weighted by molar-refractivity contribution is 0.317. The summed E-state index contributed by atoms with van der Waals surface area (Å²) in [5.41, 5.74) is 3.71. The molecule has 0 atom stereocenters. The van der Waals surface area contributed by atoms with Gasteiger partial charge in [0, 0.05) is 18.9 Å². The van der Waals surface area contributed by atoms with Crippen molar-refractivity contribution in [3.8, 4) is 0 Å². The maximum absolute atomic E-state index is 5.25. The molecule has 6 nitrogen and oxygen atoms in total. The Kier molecular flexibility index (Phi) is 3.97. The van der Waals surface area contributed by atoms with E-state index >= 15 is 0 Å². The van der Waals surface area contributed by atoms with E-state index < -0.39 is 0 Å². The molecule has 2 rings (SSSR count). The summed E-state index contributed by atoms with van der Waals surface area (Å²) >= 11 is 1.46. The predicted molar refractivity (Wildman–Crippen MR) is 67.1 cm³/mol. The quantitative estimate of drug-likeness (QED) is 0.605. The highest BCUT2D eigenvalue weighted by Crippen LogP contribution is 2.15. The van der Waals surface area contributed by atoms with E-state index in [4.69, 9.17) is 5.84 Å². The number of rotatable bonds is 5. The first-order valence-corrected chi connectivity index (χ1v) is 5.96. The summed E-state index contributed by atoms with van der Waals surface area (Å²) < 4.78 is 0. The molecule has 2 heterocycles. The molecule has 0 spiro atoms. The Morgan fingerprint density at radius 3 is 2.71 bits per heavy atom. The first-order valence-electron chi connectivity index (χ1n) is 5.14. The molecule has 17 heavy (non-hydrogen) atoms. The SMILES string of the molecule is CN(Cc1ccncc1)Cc1nnc(NN)s1. The fraction of sp³-hybridized carbons (Fsp3) is 0.300. The maximum Gasteiger partial charge on any atom is 0.219 e. The van der Waals surface area contributed by atoms with Gasteiger partial charge < -0.3 is 0 Å². The minimum atomic E-state index is 0.636. The molecule has 0 aliphatic carbocycles. The molecule has 3 N–H and O–H groups in total. The van der Waals surface area contributed by atoms with Crippen LogP contribution < -0.4 is 11.3 Å². The number of hydrazine groups is 1. The van der Waals surface area contributed by atoms with Gasteiger partial charge in [0.15, 0.2) is 0 Å². The van der Waals surface area contributed by atoms with E-state index in [1.807, 2.05) is 19.2 Å². The first-order chi connectivity index (χ1) is 8.28. The highest BCUT2D eigenvalue weighted by Gasteiger charge is 2.06. The molecule has 0 saturated carbocycles. The van der Waals surface area contributed by atoms with Crippen molar-refractivity contribution < 1.29 is 0 Å². The van der Waals surface area contributed by atoms with E-state index in [1.165, 1.54) is 16.9 Å². The number of aromatic nitrogens is 3. The van der Waals surface area contributed by atoms with Gasteiger partial charge in [0.25, 0.3) is 0 Å². The van der Waals surface area contributed by atoms with Crippen LogP contribution in [0.4, 0.5) is 5.13 Å². The van der Waals surface area contributed by atoms with Crippen LogP contribution in [0.2, 0.25) is 0 Å². The summed E-state index contributed by atoms with van der Waals surface area (Å²) in [5.74, 6) is 5.25. The molecule has 0 amide bonds. The highest BCUT2D eigenvalue weighted by atomic mass is 32.1. The molecule has 0 saturated heterocycles. The molecular formula is C10H14N6S. The molecular weight excluding hydrogens is 236 g/mol. The Morgan fingerprint density at radius 2 is 2.06 bits per heavy atom. The zero-order chi connectivity index (χ0) is 12.1. The van der Waals surface area contributed by atoms with E-state index in [9.17, 15) is 0 Å². The van der Waals surface area contributed by atoms with Crippen LogP contribution in [0.15, 0.2) is 24.5 Å². The summed E-state index contributed by atoms with van der Waals surface area (Å²) in [6.45, 7) is 1.61. The van der Waals surface area contributed by atoms with Gasteiger partial charge in [0.2, 0.25) is 5.13 Å². The van der Waals surface area contributed by atoms with Gasteiger partial charge in [0.05, 0.1) is 6.54 Å². The van der Waals surface area contributed by atoms with Gasteiger partial charge in [-0.1, -0.05) is 11.3 Å². The number of anilines is 1. The summed E-state index contributed by atoms with van der Waals surface area (Å²) in [5, 5.41) is 9.51. The van der Waals surface area contributed by atoms with Crippen molar-refractivity contribution in [2.45, 2.75) is 13.1 Å². The van der Waals surface area contributed by atoms with Crippen molar-refractivity contribution in [2.24, 2.45) is 5.84 Å². The Hall–Kier alpha value is -1.57. The molecule has 2 aromatic heterocycles. The number of hydrogen-bond donors (Lipinski definition) is 2. The maximum atomic E-state index is 5.25. The van der Waals surface area contributed by atoms with Crippen molar-refractivity contribution in [3.63, 3.8) is 0 Å². The molecule has 0 bridgehead atoms. The second-order valence-corrected chi connectivity index (χ2v) is 4.74. The van der Waals surface area contributed by atoms with Gasteiger partial charge in [-0.05, 0) is 24.7 Å². The second kappa shape index (κ2) is 5.67. The van der Waals surface area contributed by atoms with Crippen LogP contribution in [0.1, 0.15) is 10.6 Å². The molecule has 90 valence electrons. The van der Waals surface area contributed by atoms with Gasteiger partial charge >= 0.3 is 0 Å². The Bertz CT molecular complexity index is 457. The second-order valence-electron chi connectivity index (χ2n) is 3.67. The fourth-order valence-electron chi connectivity index (χ4n) is 1.46. The van der Waals surface area contributed by atoms with Crippen LogP contribution in [0.5, 0.6) is 0 Å². The lowest BCUT2D eigenvalue weighted by Gasteiger charge is -2.14. The zero-order valence-corrected chi connectivity index (χ0v) is 10.3. The molecule has 0 aliphatic rings. The van der Waals surface area contributed by atoms with Crippen molar-refractivity contribution in [3.05, 3.63) is 35.1 Å². The largest absolute Gasteiger partial charge is 0.298 e. The van der Waals surface area contributed by atoms with Crippen LogP contribution in [0, 0.1) is 0 Å². The third-order valence-corrected chi connectivity index (χ3v) is 3.04. The highest BCUT2D eigenvalue weighted by molar-refractivity contribution is 7.15. The third kappa shape index (κ3) is 3.45. The number of nitrogens with zero attached hydrogens (tertiary/aromatic N) is 4. The van der Waals surface area contributed by atoms with Gasteiger partial charge in [0.1, 0.15) is 5.01 Å². The minimum absolute atomic E-state index is 0.636. The smallest absolute Gasteiger partial charge is 0.219 e. The number of pyridine rings is 1. The Balaban J connectivity index is 1.91. The minimum Gasteiger partial charge on any atom is -0.298 e. The lowest BCUT2D eigenvalue weighted by Crippen LogP contribution is -2.17. The average molecular weight is 250 g/mol. The lowest BCUT2D eigenvalue weighted by atomic mass is 10.2. The number of nitrogens with one attached hydrogen (secondary N) is 1. The zero-order valence-electron chi connectivity index (χ0n) is 9.50. The van der Waals surface area contributed by atoms with Crippen molar-refractivity contribution in [1.82, 2.24) is 20.1 Å². The van der Waals surface area contributed by atoms with E-state index in [-0.39, 0.29) is 0 Å². The number of nitrogen functional groups attached to an aromatic ring is 1. The predicted octanol–water partition coefficient (Wildman–Crippen LogP) is 0.851. The first kappa shape index (κ1) is 11.9. The van der Waals surface area contributed by atoms with Crippen molar-refractivity contribution in [2.75, 3.05) is 12.5 Å². The van der Waals surface area contributed by atoms with Crippen LogP contribution in [0.3, 0.4) is 0 Å². The van der Waals surface area contributed by atoms with Gasteiger partial charge in [-0.25, -0.2) is 5.84 Å². The molecule has 0 aliphatic heterocycles. The fourth-order valence-corrected chi connectivity index (χ4v) is 2.19. The van der Waals surface area contributed by atoms with Crippen LogP contribution in [-0.2, 0) is 13.1 Å². The Morgan fingerprint density at radius 1 is 1.29 bits per heavy atom. The number of nitrogens with two attached hydrogens (primary N) is 1. The third-order valence-electron chi connectivity index (χ3n) is 2.20. The van der Waals surface area contributed by atoms with Gasteiger partial charge in [-0.3, -0.25) is 15.3 Å². The van der Waals surface area contributed by atoms with Crippen molar-refractivity contribution in [1.29, 1.82) is 0 Å². The van der Waals surface area contributed by atoms with Gasteiger partial charge in [-0.15, -0.1) is 10.2 Å². The molecule has 7 heteroatoms. The normalized spacial score (nSPS) is 10.8. The summed E-state index contributed by atoms with van der Waals surface area (Å²) in [7, 11) is 2.04. The van der Waals surface area contributed by atoms with E-state index in [0.29, 0.717) is 5.13 Å². The molecule has 0 unspecified atom stereocenters. The molecule has 0 aromatic carbocycles. The topological polar surface area (TPSA) is 80.0 Å².